The molecule has 0 fully saturated rings. The van der Waals surface area contributed by atoms with Crippen LogP contribution in [0.3, 0.4) is 0 Å². The van der Waals surface area contributed by atoms with E-state index >= 15 is 0 Å². The fourth-order valence-electron chi connectivity index (χ4n) is 2.69. The molecule has 0 saturated heterocycles. The fraction of sp³-hybridized carbons (Fsp3) is 0.100. The number of thiazole rings is 1. The molecule has 0 aliphatic rings. The Morgan fingerprint density at radius 2 is 1.74 bits per heavy atom. The zero-order valence-electron chi connectivity index (χ0n) is 14.6. The fourth-order valence-corrected chi connectivity index (χ4v) is 4.66. The first-order chi connectivity index (χ1) is 13.0. The molecule has 136 valence electrons. The number of aromatic nitrogens is 2. The number of pyridine rings is 1. The van der Waals surface area contributed by atoms with Crippen LogP contribution in [0.2, 0.25) is 0 Å². The minimum Gasteiger partial charge on any atom is -0.280 e. The molecule has 2 heterocycles. The van der Waals surface area contributed by atoms with Gasteiger partial charge < -0.3 is 0 Å². The topological polar surface area (TPSA) is 72.0 Å². The molecule has 2 aromatic heterocycles. The molecule has 4 aromatic rings. The molecule has 0 saturated carbocycles. The summed E-state index contributed by atoms with van der Waals surface area (Å²) in [6.07, 6.45) is 2.62. The second kappa shape index (κ2) is 7.09. The predicted molar refractivity (Wildman–Crippen MR) is 109 cm³/mol. The van der Waals surface area contributed by atoms with Gasteiger partial charge in [-0.15, -0.1) is 0 Å². The zero-order chi connectivity index (χ0) is 18.9. The van der Waals surface area contributed by atoms with E-state index in [-0.39, 0.29) is 4.90 Å². The summed E-state index contributed by atoms with van der Waals surface area (Å²) in [5.74, 6) is 0. The minimum absolute atomic E-state index is 0.251. The largest absolute Gasteiger partial charge is 0.280 e. The summed E-state index contributed by atoms with van der Waals surface area (Å²) in [6, 6.07) is 17.9. The van der Waals surface area contributed by atoms with Crippen molar-refractivity contribution in [2.75, 3.05) is 4.72 Å². The predicted octanol–water partition coefficient (Wildman–Crippen LogP) is 4.72. The Hall–Kier alpha value is -2.77. The maximum Gasteiger partial charge on any atom is 0.261 e. The third-order valence-electron chi connectivity index (χ3n) is 4.19. The van der Waals surface area contributed by atoms with Crippen LogP contribution in [0.4, 0.5) is 5.69 Å². The summed E-state index contributed by atoms with van der Waals surface area (Å²) < 4.78 is 27.7. The number of sulfonamides is 1. The molecule has 1 N–H and O–H groups in total. The molecule has 0 radical (unpaired) electrons. The maximum absolute atomic E-state index is 12.5. The molecule has 0 unspecified atom stereocenters. The number of rotatable bonds is 5. The second-order valence-corrected chi connectivity index (χ2v) is 8.69. The lowest BCUT2D eigenvalue weighted by Crippen LogP contribution is -2.12. The third kappa shape index (κ3) is 3.70. The van der Waals surface area contributed by atoms with Gasteiger partial charge in [0.2, 0.25) is 0 Å². The molecule has 0 spiro atoms. The van der Waals surface area contributed by atoms with Crippen molar-refractivity contribution in [2.24, 2.45) is 0 Å². The van der Waals surface area contributed by atoms with Gasteiger partial charge in [0.15, 0.2) is 0 Å². The van der Waals surface area contributed by atoms with E-state index in [0.29, 0.717) is 5.69 Å². The highest BCUT2D eigenvalue weighted by atomic mass is 32.2. The number of nitrogens with zero attached hydrogens (tertiary/aromatic N) is 2. The molecule has 2 aromatic carbocycles. The molecule has 0 atom stereocenters. The van der Waals surface area contributed by atoms with Gasteiger partial charge in [-0.3, -0.25) is 4.72 Å². The molecule has 27 heavy (non-hydrogen) atoms. The van der Waals surface area contributed by atoms with Crippen molar-refractivity contribution in [3.8, 4) is 10.6 Å². The van der Waals surface area contributed by atoms with E-state index in [1.54, 1.807) is 30.5 Å². The highest BCUT2D eigenvalue weighted by molar-refractivity contribution is 7.92. The van der Waals surface area contributed by atoms with E-state index < -0.39 is 10.0 Å². The molecule has 5 nitrogen and oxygen atoms in total. The maximum atomic E-state index is 12.5. The Bertz CT molecular complexity index is 1150. The van der Waals surface area contributed by atoms with Crippen LogP contribution in [0, 0.1) is 0 Å². The van der Waals surface area contributed by atoms with Crippen molar-refractivity contribution in [3.05, 3.63) is 72.4 Å². The molecular formula is C20H17N3O2S2. The molecular weight excluding hydrogens is 378 g/mol. The number of hydrogen-bond donors (Lipinski definition) is 1. The van der Waals surface area contributed by atoms with Crippen LogP contribution >= 0.6 is 11.3 Å². The first-order valence-corrected chi connectivity index (χ1v) is 10.8. The van der Waals surface area contributed by atoms with Gasteiger partial charge in [0.05, 0.1) is 4.90 Å². The van der Waals surface area contributed by atoms with Crippen molar-refractivity contribution in [1.29, 1.82) is 0 Å². The van der Waals surface area contributed by atoms with E-state index in [0.717, 1.165) is 32.9 Å². The number of hydrogen-bond acceptors (Lipinski definition) is 5. The van der Waals surface area contributed by atoms with E-state index in [1.165, 1.54) is 11.3 Å². The van der Waals surface area contributed by atoms with Gasteiger partial charge >= 0.3 is 0 Å². The molecule has 0 aliphatic carbocycles. The summed E-state index contributed by atoms with van der Waals surface area (Å²) in [6.45, 7) is 2.03. The summed E-state index contributed by atoms with van der Waals surface area (Å²) in [5, 5.41) is 0.855. The highest BCUT2D eigenvalue weighted by Gasteiger charge is 2.14. The molecule has 7 heteroatoms. The lowest BCUT2D eigenvalue weighted by Gasteiger charge is -2.09. The van der Waals surface area contributed by atoms with E-state index in [1.807, 2.05) is 43.3 Å². The van der Waals surface area contributed by atoms with Crippen molar-refractivity contribution in [1.82, 2.24) is 9.97 Å². The SMILES string of the molecule is CCc1ccc(S(=O)(=O)Nc2ccc(-c3nc4cccnc4s3)cc2)cc1. The first kappa shape index (κ1) is 17.6. The van der Waals surface area contributed by atoms with Gasteiger partial charge in [-0.2, -0.15) is 0 Å². The Balaban J connectivity index is 1.56. The average molecular weight is 396 g/mol. The van der Waals surface area contributed by atoms with Gasteiger partial charge in [0.25, 0.3) is 10.0 Å². The number of anilines is 1. The van der Waals surface area contributed by atoms with Crippen LogP contribution in [0.1, 0.15) is 12.5 Å². The van der Waals surface area contributed by atoms with Crippen LogP contribution in [-0.2, 0) is 16.4 Å². The van der Waals surface area contributed by atoms with E-state index in [2.05, 4.69) is 14.7 Å². The average Bonchev–Trinajstić information content (AvgIpc) is 3.12. The summed E-state index contributed by atoms with van der Waals surface area (Å²) in [5.41, 5.74) is 3.40. The van der Waals surface area contributed by atoms with Crippen molar-refractivity contribution in [2.45, 2.75) is 18.2 Å². The Labute approximate surface area is 161 Å². The molecule has 0 amide bonds. The highest BCUT2D eigenvalue weighted by Crippen LogP contribution is 2.29. The van der Waals surface area contributed by atoms with Gasteiger partial charge in [0.1, 0.15) is 15.4 Å². The van der Waals surface area contributed by atoms with Crippen LogP contribution < -0.4 is 4.72 Å². The van der Waals surface area contributed by atoms with E-state index in [4.69, 9.17) is 0 Å². The molecule has 4 rings (SSSR count). The Kier molecular flexibility index (Phi) is 4.63. The number of benzene rings is 2. The zero-order valence-corrected chi connectivity index (χ0v) is 16.2. The summed E-state index contributed by atoms with van der Waals surface area (Å²) in [7, 11) is -3.61. The van der Waals surface area contributed by atoms with Gasteiger partial charge in [-0.1, -0.05) is 30.4 Å². The van der Waals surface area contributed by atoms with Crippen LogP contribution in [0.15, 0.2) is 71.8 Å². The van der Waals surface area contributed by atoms with Crippen LogP contribution in [0.5, 0.6) is 0 Å². The molecule has 0 bridgehead atoms. The molecule has 0 aliphatic heterocycles. The van der Waals surface area contributed by atoms with Crippen molar-refractivity contribution in [3.63, 3.8) is 0 Å². The van der Waals surface area contributed by atoms with E-state index in [9.17, 15) is 8.42 Å². The quantitative estimate of drug-likeness (QED) is 0.531. The van der Waals surface area contributed by atoms with Gasteiger partial charge in [0, 0.05) is 17.4 Å². The number of fused-ring (bicyclic) bond motifs is 1. The lowest BCUT2D eigenvalue weighted by atomic mass is 10.2. The lowest BCUT2D eigenvalue weighted by molar-refractivity contribution is 0.601. The second-order valence-electron chi connectivity index (χ2n) is 6.03. The number of nitrogens with one attached hydrogen (secondary N) is 1. The monoisotopic (exact) mass is 395 g/mol. The first-order valence-electron chi connectivity index (χ1n) is 8.49. The van der Waals surface area contributed by atoms with Gasteiger partial charge in [-0.25, -0.2) is 18.4 Å². The smallest absolute Gasteiger partial charge is 0.261 e. The summed E-state index contributed by atoms with van der Waals surface area (Å²) >= 11 is 1.51. The van der Waals surface area contributed by atoms with Crippen molar-refractivity contribution >= 4 is 37.4 Å². The standard InChI is InChI=1S/C20H17N3O2S2/c1-2-14-5-11-17(12-6-14)27(24,25)23-16-9-7-15(8-10-16)19-22-18-4-3-13-21-20(18)26-19/h3-13,23H,2H2,1H3. The summed E-state index contributed by atoms with van der Waals surface area (Å²) in [4.78, 5) is 10.0. The van der Waals surface area contributed by atoms with Gasteiger partial charge in [-0.05, 0) is 60.5 Å². The normalized spacial score (nSPS) is 11.6. The third-order valence-corrected chi connectivity index (χ3v) is 6.62. The van der Waals surface area contributed by atoms with Crippen molar-refractivity contribution < 1.29 is 8.42 Å². The number of aryl methyl sites for hydroxylation is 1. The minimum atomic E-state index is -3.61. The Morgan fingerprint density at radius 3 is 2.41 bits per heavy atom. The Morgan fingerprint density at radius 1 is 1.00 bits per heavy atom. The van der Waals surface area contributed by atoms with Crippen LogP contribution in [0.25, 0.3) is 20.9 Å². The van der Waals surface area contributed by atoms with Crippen LogP contribution in [-0.4, -0.2) is 18.4 Å².